The van der Waals surface area contributed by atoms with E-state index in [1.165, 1.54) is 447 Å². The van der Waals surface area contributed by atoms with E-state index in [2.05, 4.69) is 185 Å². The molecule has 1 heterocycles. The monoisotopic (exact) mass is 1460 g/mol. The highest BCUT2D eigenvalue weighted by Crippen LogP contribution is 2.69. The van der Waals surface area contributed by atoms with Crippen LogP contribution in [0.2, 0.25) is 0 Å². The summed E-state index contributed by atoms with van der Waals surface area (Å²) in [5.41, 5.74) is 19.3. The van der Waals surface area contributed by atoms with Crippen molar-refractivity contribution in [3.8, 4) is 20.9 Å². The average Bonchev–Trinajstić information content (AvgIpc) is 1.49. The van der Waals surface area contributed by atoms with Gasteiger partial charge in [-0.2, -0.15) is 0 Å². The van der Waals surface area contributed by atoms with Gasteiger partial charge in [0.2, 0.25) is 0 Å². The highest BCUT2D eigenvalue weighted by Gasteiger charge is 2.57. The van der Waals surface area contributed by atoms with E-state index in [1.54, 1.807) is 0 Å². The molecule has 0 amide bonds. The zero-order valence-electron chi connectivity index (χ0n) is 69.7. The van der Waals surface area contributed by atoms with E-state index in [1.807, 2.05) is 0 Å². The molecule has 0 unspecified atom stereocenters. The molecule has 6 aromatic carbocycles. The largest absolute Gasteiger partial charge is 0.134 e. The third-order valence-corrected chi connectivity index (χ3v) is 26.9. The van der Waals surface area contributed by atoms with Crippen LogP contribution >= 0.6 is 11.3 Å². The molecule has 0 saturated carbocycles. The number of thiophene rings is 1. The van der Waals surface area contributed by atoms with Gasteiger partial charge in [0.05, 0.1) is 10.8 Å². The van der Waals surface area contributed by atoms with Crippen LogP contribution < -0.4 is 0 Å². The minimum Gasteiger partial charge on any atom is -0.134 e. The predicted octanol–water partition coefficient (Wildman–Crippen LogP) is 34.6. The van der Waals surface area contributed by atoms with Crippen molar-refractivity contribution in [3.63, 3.8) is 0 Å². The van der Waals surface area contributed by atoms with Gasteiger partial charge in [-0.05, 0) is 129 Å². The van der Waals surface area contributed by atoms with Gasteiger partial charge in [-0.3, -0.25) is 0 Å². The minimum absolute atomic E-state index is 0.536. The molecule has 0 spiro atoms. The summed E-state index contributed by atoms with van der Waals surface area (Å²) in [5.74, 6) is 0. The second-order valence-electron chi connectivity index (χ2n) is 34.3. The smallest absolute Gasteiger partial charge is 0.0725 e. The van der Waals surface area contributed by atoms with Crippen LogP contribution in [-0.2, 0) is 36.5 Å². The lowest BCUT2D eigenvalue weighted by Gasteiger charge is -2.40. The van der Waals surface area contributed by atoms with Crippen molar-refractivity contribution in [3.05, 3.63) is 212 Å². The molecule has 0 aliphatic heterocycles. The first kappa shape index (κ1) is 86.0. The van der Waals surface area contributed by atoms with E-state index in [4.69, 9.17) is 0 Å². The fraction of sp³-hybridized carbons (Fsp3) is 0.623. The Labute approximate surface area is 663 Å². The maximum Gasteiger partial charge on any atom is 0.0725 e. The van der Waals surface area contributed by atoms with Gasteiger partial charge in [0.15, 0.2) is 0 Å². The first-order valence-electron chi connectivity index (χ1n) is 46.8. The van der Waals surface area contributed by atoms with Gasteiger partial charge in [0, 0.05) is 9.75 Å². The Morgan fingerprint density at radius 3 is 0.542 bits per heavy atom. The molecule has 1 heteroatoms. The Hall–Kier alpha value is -4.98. The lowest BCUT2D eigenvalue weighted by Crippen LogP contribution is -2.35. The molecule has 2 aliphatic rings. The first-order valence-corrected chi connectivity index (χ1v) is 47.7. The number of aryl methyl sites for hydroxylation is 4. The van der Waals surface area contributed by atoms with E-state index in [9.17, 15) is 0 Å². The molecule has 107 heavy (non-hydrogen) atoms. The molecule has 0 atom stereocenters. The van der Waals surface area contributed by atoms with Gasteiger partial charge < -0.3 is 0 Å². The first-order chi connectivity index (χ1) is 53.1. The van der Waals surface area contributed by atoms with Gasteiger partial charge in [-0.1, -0.05) is 507 Å². The molecule has 0 radical (unpaired) electrons. The number of unbranched alkanes of at least 4 members (excludes halogenated alkanes) is 52. The van der Waals surface area contributed by atoms with Gasteiger partial charge in [-0.25, -0.2) is 0 Å². The molecule has 2 aliphatic carbocycles. The van der Waals surface area contributed by atoms with Crippen LogP contribution in [0, 0.1) is 0 Å². The van der Waals surface area contributed by atoms with Gasteiger partial charge >= 0.3 is 0 Å². The average molecular weight is 1460 g/mol. The zero-order chi connectivity index (χ0) is 74.3. The Bertz CT molecular complexity index is 3010. The van der Waals surface area contributed by atoms with Crippen LogP contribution in [0.3, 0.4) is 0 Å². The molecule has 0 N–H and O–H groups in total. The summed E-state index contributed by atoms with van der Waals surface area (Å²) < 4.78 is 0. The van der Waals surface area contributed by atoms with Crippen molar-refractivity contribution < 1.29 is 0 Å². The number of hydrogen-bond donors (Lipinski definition) is 0. The van der Waals surface area contributed by atoms with Crippen LogP contribution in [0.1, 0.15) is 454 Å². The Balaban J connectivity index is 0.980. The van der Waals surface area contributed by atoms with E-state index in [-0.39, 0.29) is 0 Å². The fourth-order valence-electron chi connectivity index (χ4n) is 19.1. The quantitative estimate of drug-likeness (QED) is 0.0333. The van der Waals surface area contributed by atoms with Crippen LogP contribution in [0.4, 0.5) is 0 Å². The highest BCUT2D eigenvalue weighted by molar-refractivity contribution is 7.19. The molecule has 9 rings (SSSR count). The normalized spacial score (nSPS) is 13.2. The predicted molar refractivity (Wildman–Crippen MR) is 475 cm³/mol. The number of rotatable bonds is 64. The highest BCUT2D eigenvalue weighted by atomic mass is 32.1. The minimum atomic E-state index is -0.536. The van der Waals surface area contributed by atoms with Gasteiger partial charge in [0.1, 0.15) is 0 Å². The molecular weight excluding hydrogens is 1310 g/mol. The van der Waals surface area contributed by atoms with Crippen molar-refractivity contribution in [2.45, 2.75) is 424 Å². The van der Waals surface area contributed by atoms with Crippen LogP contribution in [0.15, 0.2) is 146 Å². The van der Waals surface area contributed by atoms with Crippen molar-refractivity contribution >= 4 is 11.3 Å². The van der Waals surface area contributed by atoms with Gasteiger partial charge in [-0.15, -0.1) is 11.3 Å². The summed E-state index contributed by atoms with van der Waals surface area (Å²) in [5, 5.41) is 0. The Morgan fingerprint density at radius 1 is 0.187 bits per heavy atom. The van der Waals surface area contributed by atoms with Gasteiger partial charge in [0.25, 0.3) is 0 Å². The van der Waals surface area contributed by atoms with Crippen molar-refractivity contribution in [2.75, 3.05) is 0 Å². The molecule has 0 nitrogen and oxygen atoms in total. The second-order valence-corrected chi connectivity index (χ2v) is 35.3. The summed E-state index contributed by atoms with van der Waals surface area (Å²) in [4.78, 5) is 2.93. The molecule has 1 aromatic heterocycles. The van der Waals surface area contributed by atoms with E-state index < -0.39 is 10.8 Å². The summed E-state index contributed by atoms with van der Waals surface area (Å²) in [6.07, 6.45) is 82.9. The Kier molecular flexibility index (Phi) is 41.4. The molecular formula is C106H156S. The van der Waals surface area contributed by atoms with Crippen molar-refractivity contribution in [2.24, 2.45) is 0 Å². The summed E-state index contributed by atoms with van der Waals surface area (Å²) in [7, 11) is 0. The fourth-order valence-corrected chi connectivity index (χ4v) is 20.6. The molecule has 0 bridgehead atoms. The third-order valence-electron chi connectivity index (χ3n) is 25.6. The Morgan fingerprint density at radius 2 is 0.355 bits per heavy atom. The second kappa shape index (κ2) is 51.5. The van der Waals surface area contributed by atoms with Crippen molar-refractivity contribution in [1.29, 1.82) is 0 Å². The summed E-state index contributed by atoms with van der Waals surface area (Å²) in [6, 6.07) is 60.6. The summed E-state index contributed by atoms with van der Waals surface area (Å²) >= 11 is 2.10. The van der Waals surface area contributed by atoms with Crippen LogP contribution in [0.25, 0.3) is 20.9 Å². The van der Waals surface area contributed by atoms with Crippen molar-refractivity contribution in [1.82, 2.24) is 0 Å². The number of hydrogen-bond acceptors (Lipinski definition) is 1. The third kappa shape index (κ3) is 26.6. The maximum atomic E-state index is 2.60. The summed E-state index contributed by atoms with van der Waals surface area (Å²) in [6.45, 7) is 9.30. The van der Waals surface area contributed by atoms with Crippen LogP contribution in [-0.4, -0.2) is 0 Å². The lowest BCUT2D eigenvalue weighted by atomic mass is 9.61. The lowest BCUT2D eigenvalue weighted by molar-refractivity contribution is 0.535. The molecule has 586 valence electrons. The molecule has 7 aromatic rings. The van der Waals surface area contributed by atoms with Crippen LogP contribution in [0.5, 0.6) is 0 Å². The number of fused-ring (bicyclic) bond motifs is 7. The molecule has 0 fully saturated rings. The van der Waals surface area contributed by atoms with E-state index in [0.29, 0.717) is 0 Å². The zero-order valence-corrected chi connectivity index (χ0v) is 70.5. The SMILES string of the molecule is CCCCCCCCCCCCCCCCc1ccc(C2(c3ccc(CCCCCCCCCCCCCCCC)cc3)c3ccccc3-c3sc4c(c32)C(c2ccc(CCCCCCCCCCCCCCCC)cc2)(c2ccc(CCCCCCCCCCCCCCCC)cc2)c2ccccc2-4)cc1. The van der Waals surface area contributed by atoms with E-state index >= 15 is 0 Å². The standard InChI is InChI=1S/C106H156S/c1-5-9-13-17-21-25-29-33-37-41-45-49-53-57-65-89-73-81-93(82-74-89)105(94-83-75-90(76-84-94)66-58-54-50-46-42-38-34-30-26-22-18-14-10-6-2)99-71-63-61-69-97(99)103-101(105)102-104(107-103)98-70-62-64-72-100(98)106(102,95-85-77-91(78-86-95)67-59-55-51-47-43-39-35-31-27-23-19-15-11-7-3)96-87-79-92(80-88-96)68-60-56-52-48-44-40-36-32-28-24-20-16-12-8-4/h61-64,69-88H,5-60,65-68H2,1-4H3. The maximum absolute atomic E-state index is 2.60. The van der Waals surface area contributed by atoms with E-state index in [0.717, 1.165) is 25.7 Å². The molecule has 0 saturated heterocycles. The number of benzene rings is 6. The topological polar surface area (TPSA) is 0 Å².